The first-order chi connectivity index (χ1) is 15.5. The maximum Gasteiger partial charge on any atom is 0.341 e. The molecule has 1 aromatic heterocycles. The highest BCUT2D eigenvalue weighted by Crippen LogP contribution is 2.38. The molecule has 0 aliphatic heterocycles. The van der Waals surface area contributed by atoms with Crippen molar-refractivity contribution in [2.45, 2.75) is 39.5 Å². The Balaban J connectivity index is 1.54. The maximum atomic E-state index is 13.0. The van der Waals surface area contributed by atoms with Crippen molar-refractivity contribution < 1.29 is 19.1 Å². The molecule has 0 fully saturated rings. The van der Waals surface area contributed by atoms with E-state index >= 15 is 0 Å². The normalized spacial score (nSPS) is 12.8. The highest BCUT2D eigenvalue weighted by molar-refractivity contribution is 7.17. The first-order valence-corrected chi connectivity index (χ1v) is 11.7. The molecule has 0 saturated carbocycles. The summed E-state index contributed by atoms with van der Waals surface area (Å²) in [6.45, 7) is 3.40. The Hall–Kier alpha value is -3.19. The van der Waals surface area contributed by atoms with Gasteiger partial charge >= 0.3 is 5.97 Å². The zero-order chi connectivity index (χ0) is 22.7. The number of nitrogens with one attached hydrogen (secondary N) is 1. The van der Waals surface area contributed by atoms with Gasteiger partial charge in [-0.3, -0.25) is 9.59 Å². The lowest BCUT2D eigenvalue weighted by molar-refractivity contribution is -0.121. The first-order valence-electron chi connectivity index (χ1n) is 10.9. The van der Waals surface area contributed by atoms with Gasteiger partial charge in [-0.2, -0.15) is 0 Å². The number of thiophene rings is 1. The van der Waals surface area contributed by atoms with Crippen LogP contribution in [-0.4, -0.2) is 30.9 Å². The van der Waals surface area contributed by atoms with E-state index < -0.39 is 5.97 Å². The fourth-order valence-corrected chi connectivity index (χ4v) is 5.56. The molecule has 0 unspecified atom stereocenters. The van der Waals surface area contributed by atoms with Gasteiger partial charge in [0.05, 0.1) is 11.3 Å². The Bertz CT molecular complexity index is 1180. The molecule has 0 saturated heterocycles. The molecule has 0 radical (unpaired) electrons. The molecule has 1 heterocycles. The molecular formula is C25H26N2O4S. The fraction of sp³-hybridized carbons (Fsp3) is 0.320. The van der Waals surface area contributed by atoms with Crippen LogP contribution in [0.25, 0.3) is 10.8 Å². The summed E-state index contributed by atoms with van der Waals surface area (Å²) in [4.78, 5) is 40.4. The Morgan fingerprint density at radius 2 is 1.81 bits per heavy atom. The number of anilines is 2. The molecule has 1 N–H and O–H groups in total. The minimum absolute atomic E-state index is 0.234. The molecule has 0 bridgehead atoms. The lowest BCUT2D eigenvalue weighted by Gasteiger charge is -2.22. The van der Waals surface area contributed by atoms with Crippen molar-refractivity contribution in [3.05, 3.63) is 58.5 Å². The summed E-state index contributed by atoms with van der Waals surface area (Å²) in [6, 6.07) is 13.7. The van der Waals surface area contributed by atoms with Crippen molar-refractivity contribution in [3.8, 4) is 0 Å². The number of likely N-dealkylation sites (N-methyl/N-ethyl adjacent to an activating group) is 1. The molecule has 32 heavy (non-hydrogen) atoms. The summed E-state index contributed by atoms with van der Waals surface area (Å²) in [5.41, 5.74) is 2.14. The number of nitrogens with zero attached hydrogens (tertiary/aromatic N) is 1. The van der Waals surface area contributed by atoms with Gasteiger partial charge in [0.25, 0.3) is 5.91 Å². The number of amides is 2. The predicted octanol–water partition coefficient (Wildman–Crippen LogP) is 4.95. The Morgan fingerprint density at radius 3 is 2.59 bits per heavy atom. The minimum atomic E-state index is -0.560. The van der Waals surface area contributed by atoms with E-state index in [1.807, 2.05) is 49.4 Å². The smallest absolute Gasteiger partial charge is 0.341 e. The van der Waals surface area contributed by atoms with E-state index in [0.717, 1.165) is 52.6 Å². The lowest BCUT2D eigenvalue weighted by Crippen LogP contribution is -2.34. The number of fused-ring (bicyclic) bond motifs is 2. The molecule has 0 spiro atoms. The van der Waals surface area contributed by atoms with Crippen LogP contribution in [0.3, 0.4) is 0 Å². The number of carbonyl (C=O) groups excluding carboxylic acids is 3. The van der Waals surface area contributed by atoms with Crippen LogP contribution in [0.1, 0.15) is 47.5 Å². The number of ether oxygens (including phenoxy) is 1. The summed E-state index contributed by atoms with van der Waals surface area (Å²) in [6.07, 6.45) is 3.73. The third kappa shape index (κ3) is 4.39. The second-order valence-corrected chi connectivity index (χ2v) is 8.91. The zero-order valence-electron chi connectivity index (χ0n) is 18.3. The van der Waals surface area contributed by atoms with Crippen LogP contribution in [-0.2, 0) is 27.2 Å². The van der Waals surface area contributed by atoms with Crippen LogP contribution in [0.2, 0.25) is 0 Å². The second-order valence-electron chi connectivity index (χ2n) is 7.81. The van der Waals surface area contributed by atoms with Gasteiger partial charge in [0.2, 0.25) is 5.91 Å². The molecule has 166 valence electrons. The van der Waals surface area contributed by atoms with Crippen LogP contribution >= 0.6 is 11.3 Å². The monoisotopic (exact) mass is 450 g/mol. The molecule has 2 amide bonds. The Labute approximate surface area is 191 Å². The largest absolute Gasteiger partial charge is 0.452 e. The molecule has 2 aromatic carbocycles. The number of hydrogen-bond acceptors (Lipinski definition) is 5. The lowest BCUT2D eigenvalue weighted by atomic mass is 9.95. The minimum Gasteiger partial charge on any atom is -0.452 e. The quantitative estimate of drug-likeness (QED) is 0.539. The van der Waals surface area contributed by atoms with E-state index in [0.29, 0.717) is 17.1 Å². The number of aryl methyl sites for hydroxylation is 1. The summed E-state index contributed by atoms with van der Waals surface area (Å²) in [5.74, 6) is -1.08. The molecule has 1 aliphatic rings. The van der Waals surface area contributed by atoms with Crippen LogP contribution in [0.4, 0.5) is 10.7 Å². The maximum absolute atomic E-state index is 13.0. The Morgan fingerprint density at radius 1 is 1.06 bits per heavy atom. The highest BCUT2D eigenvalue weighted by atomic mass is 32.1. The summed E-state index contributed by atoms with van der Waals surface area (Å²) in [7, 11) is 0. The highest BCUT2D eigenvalue weighted by Gasteiger charge is 2.28. The van der Waals surface area contributed by atoms with Gasteiger partial charge in [-0.1, -0.05) is 36.4 Å². The molecule has 0 atom stereocenters. The van der Waals surface area contributed by atoms with E-state index in [2.05, 4.69) is 5.32 Å². The van der Waals surface area contributed by atoms with Gasteiger partial charge in [0.15, 0.2) is 6.61 Å². The van der Waals surface area contributed by atoms with E-state index in [4.69, 9.17) is 4.74 Å². The van der Waals surface area contributed by atoms with Gasteiger partial charge in [0, 0.05) is 23.7 Å². The predicted molar refractivity (Wildman–Crippen MR) is 128 cm³/mol. The third-order valence-corrected chi connectivity index (χ3v) is 6.87. The topological polar surface area (TPSA) is 75.7 Å². The molecule has 7 heteroatoms. The van der Waals surface area contributed by atoms with E-state index in [-0.39, 0.29) is 18.4 Å². The van der Waals surface area contributed by atoms with E-state index in [1.165, 1.54) is 18.3 Å². The van der Waals surface area contributed by atoms with Gasteiger partial charge in [-0.05, 0) is 49.6 Å². The van der Waals surface area contributed by atoms with Crippen molar-refractivity contribution in [1.82, 2.24) is 0 Å². The van der Waals surface area contributed by atoms with Crippen LogP contribution in [0.5, 0.6) is 0 Å². The van der Waals surface area contributed by atoms with Crippen LogP contribution < -0.4 is 10.2 Å². The standard InChI is InChI=1S/C25H26N2O4S/c1-3-27(20-13-8-10-17-9-4-5-11-18(17)20)22(29)15-31-25(30)23-19-12-6-7-14-21(19)32-24(23)26-16(2)28/h4-5,8-11,13H,3,6-7,12,14-15H2,1-2H3,(H,26,28). The van der Waals surface area contributed by atoms with Gasteiger partial charge < -0.3 is 15.0 Å². The average molecular weight is 451 g/mol. The summed E-state index contributed by atoms with van der Waals surface area (Å²) < 4.78 is 5.48. The molecule has 6 nitrogen and oxygen atoms in total. The summed E-state index contributed by atoms with van der Waals surface area (Å²) in [5, 5.41) is 5.29. The molecule has 1 aliphatic carbocycles. The third-order valence-electron chi connectivity index (χ3n) is 5.67. The summed E-state index contributed by atoms with van der Waals surface area (Å²) >= 11 is 1.43. The van der Waals surface area contributed by atoms with Gasteiger partial charge in [-0.25, -0.2) is 4.79 Å². The molecular weight excluding hydrogens is 424 g/mol. The van der Waals surface area contributed by atoms with E-state index in [1.54, 1.807) is 4.90 Å². The van der Waals surface area contributed by atoms with Crippen molar-refractivity contribution in [2.24, 2.45) is 0 Å². The number of benzene rings is 2. The van der Waals surface area contributed by atoms with Crippen LogP contribution in [0, 0.1) is 0 Å². The van der Waals surface area contributed by atoms with Crippen molar-refractivity contribution in [1.29, 1.82) is 0 Å². The van der Waals surface area contributed by atoms with Crippen molar-refractivity contribution >= 4 is 50.6 Å². The number of hydrogen-bond donors (Lipinski definition) is 1. The fourth-order valence-electron chi connectivity index (χ4n) is 4.23. The van der Waals surface area contributed by atoms with E-state index in [9.17, 15) is 14.4 Å². The van der Waals surface area contributed by atoms with Crippen LogP contribution in [0.15, 0.2) is 42.5 Å². The molecule has 4 rings (SSSR count). The number of esters is 1. The zero-order valence-corrected chi connectivity index (χ0v) is 19.1. The molecule has 3 aromatic rings. The van der Waals surface area contributed by atoms with Crippen molar-refractivity contribution in [3.63, 3.8) is 0 Å². The van der Waals surface area contributed by atoms with Gasteiger partial charge in [-0.15, -0.1) is 11.3 Å². The van der Waals surface area contributed by atoms with Crippen molar-refractivity contribution in [2.75, 3.05) is 23.4 Å². The second kappa shape index (κ2) is 9.53. The SMILES string of the molecule is CCN(C(=O)COC(=O)c1c(NC(C)=O)sc2c1CCCC2)c1cccc2ccccc12. The first kappa shape index (κ1) is 22.0. The average Bonchev–Trinajstić information content (AvgIpc) is 3.15. The number of rotatable bonds is 6. The van der Waals surface area contributed by atoms with Gasteiger partial charge in [0.1, 0.15) is 5.00 Å². The number of carbonyl (C=O) groups is 3. The Kier molecular flexibility index (Phi) is 6.55.